The van der Waals surface area contributed by atoms with Crippen molar-refractivity contribution in [3.8, 4) is 5.75 Å². The summed E-state index contributed by atoms with van der Waals surface area (Å²) in [6, 6.07) is 13.2. The summed E-state index contributed by atoms with van der Waals surface area (Å²) in [5, 5.41) is 0.556. The molecule has 0 aliphatic carbocycles. The van der Waals surface area contributed by atoms with Gasteiger partial charge in [0.25, 0.3) is 0 Å². The zero-order valence-electron chi connectivity index (χ0n) is 16.3. The van der Waals surface area contributed by atoms with Crippen LogP contribution < -0.4 is 4.74 Å². The molecule has 0 N–H and O–H groups in total. The number of hydrogen-bond donors (Lipinski definition) is 0. The first-order valence-corrected chi connectivity index (χ1v) is 8.98. The molecule has 0 saturated carbocycles. The van der Waals surface area contributed by atoms with Gasteiger partial charge >= 0.3 is 5.97 Å². The molecule has 5 heteroatoms. The van der Waals surface area contributed by atoms with Crippen molar-refractivity contribution in [2.75, 3.05) is 14.2 Å². The molecule has 4 nitrogen and oxygen atoms in total. The van der Waals surface area contributed by atoms with Crippen LogP contribution in [0.2, 0.25) is 5.02 Å². The molecule has 0 saturated heterocycles. The van der Waals surface area contributed by atoms with Gasteiger partial charge in [0.15, 0.2) is 0 Å². The van der Waals surface area contributed by atoms with Crippen molar-refractivity contribution in [1.29, 1.82) is 0 Å². The monoisotopic (exact) mass is 388 g/mol. The van der Waals surface area contributed by atoms with E-state index in [0.29, 0.717) is 21.9 Å². The standard InChI is InChI=1S/C22H25ClO4/c1-22(2,3)16-10-11-20(19(23)12-16)27-13-15-8-6-7-9-17(15)18(14-25-4)21(24)26-5/h6-12,14H,13H2,1-5H3. The molecule has 144 valence electrons. The Balaban J connectivity index is 2.27. The number of carbonyl (C=O) groups is 1. The average molecular weight is 389 g/mol. The van der Waals surface area contributed by atoms with Crippen molar-refractivity contribution < 1.29 is 19.0 Å². The van der Waals surface area contributed by atoms with E-state index in [2.05, 4.69) is 20.8 Å². The minimum atomic E-state index is -0.475. The third-order valence-corrected chi connectivity index (χ3v) is 4.42. The van der Waals surface area contributed by atoms with Gasteiger partial charge in [-0.3, -0.25) is 0 Å². The first-order valence-electron chi connectivity index (χ1n) is 8.60. The normalized spacial score (nSPS) is 11.9. The molecular weight excluding hydrogens is 364 g/mol. The fourth-order valence-electron chi connectivity index (χ4n) is 2.60. The van der Waals surface area contributed by atoms with Crippen molar-refractivity contribution in [3.05, 3.63) is 70.4 Å². The predicted octanol–water partition coefficient (Wildman–Crippen LogP) is 5.38. The van der Waals surface area contributed by atoms with Crippen LogP contribution in [0.3, 0.4) is 0 Å². The van der Waals surface area contributed by atoms with Crippen LogP contribution in [0.5, 0.6) is 5.75 Å². The molecule has 0 bridgehead atoms. The summed E-state index contributed by atoms with van der Waals surface area (Å²) in [4.78, 5) is 12.1. The van der Waals surface area contributed by atoms with Gasteiger partial charge in [-0.15, -0.1) is 0 Å². The Morgan fingerprint density at radius 3 is 2.41 bits per heavy atom. The highest BCUT2D eigenvalue weighted by atomic mass is 35.5. The van der Waals surface area contributed by atoms with Gasteiger partial charge in [-0.05, 0) is 34.2 Å². The number of hydrogen-bond acceptors (Lipinski definition) is 4. The summed E-state index contributed by atoms with van der Waals surface area (Å²) in [5.41, 5.74) is 2.98. The van der Waals surface area contributed by atoms with Gasteiger partial charge < -0.3 is 14.2 Å². The minimum absolute atomic E-state index is 0.00906. The van der Waals surface area contributed by atoms with Gasteiger partial charge in [0, 0.05) is 0 Å². The molecule has 0 fully saturated rings. The quantitative estimate of drug-likeness (QED) is 0.378. The van der Waals surface area contributed by atoms with Gasteiger partial charge in [0.2, 0.25) is 0 Å². The molecular formula is C22H25ClO4. The number of benzene rings is 2. The van der Waals surface area contributed by atoms with E-state index in [1.807, 2.05) is 42.5 Å². The Kier molecular flexibility index (Phi) is 6.92. The smallest absolute Gasteiger partial charge is 0.341 e. The fourth-order valence-corrected chi connectivity index (χ4v) is 2.83. The summed E-state index contributed by atoms with van der Waals surface area (Å²) in [5.74, 6) is 0.117. The first-order chi connectivity index (χ1) is 12.8. The second-order valence-electron chi connectivity index (χ2n) is 7.10. The molecule has 2 aromatic rings. The zero-order chi connectivity index (χ0) is 20.0. The summed E-state index contributed by atoms with van der Waals surface area (Å²) in [7, 11) is 2.82. The van der Waals surface area contributed by atoms with Crippen LogP contribution in [-0.2, 0) is 26.3 Å². The maximum Gasteiger partial charge on any atom is 0.341 e. The van der Waals surface area contributed by atoms with Crippen LogP contribution in [-0.4, -0.2) is 20.2 Å². The molecule has 0 unspecified atom stereocenters. The Morgan fingerprint density at radius 1 is 1.11 bits per heavy atom. The van der Waals surface area contributed by atoms with Crippen LogP contribution in [0.4, 0.5) is 0 Å². The van der Waals surface area contributed by atoms with E-state index in [4.69, 9.17) is 25.8 Å². The Hall–Kier alpha value is -2.46. The third-order valence-electron chi connectivity index (χ3n) is 4.13. The molecule has 0 radical (unpaired) electrons. The fraction of sp³-hybridized carbons (Fsp3) is 0.318. The van der Waals surface area contributed by atoms with E-state index >= 15 is 0 Å². The number of esters is 1. The van der Waals surface area contributed by atoms with Crippen molar-refractivity contribution >= 4 is 23.1 Å². The maximum atomic E-state index is 12.1. The summed E-state index contributed by atoms with van der Waals surface area (Å²) >= 11 is 6.40. The van der Waals surface area contributed by atoms with E-state index in [1.165, 1.54) is 20.5 Å². The summed E-state index contributed by atoms with van der Waals surface area (Å²) < 4.78 is 15.8. The lowest BCUT2D eigenvalue weighted by molar-refractivity contribution is -0.133. The van der Waals surface area contributed by atoms with E-state index in [-0.39, 0.29) is 12.0 Å². The van der Waals surface area contributed by atoms with Crippen LogP contribution in [0.25, 0.3) is 5.57 Å². The van der Waals surface area contributed by atoms with Gasteiger partial charge in [0.1, 0.15) is 17.9 Å². The number of rotatable bonds is 6. The molecule has 0 heterocycles. The first kappa shape index (κ1) is 20.8. The maximum absolute atomic E-state index is 12.1. The molecule has 0 aromatic heterocycles. The van der Waals surface area contributed by atoms with Crippen LogP contribution in [0.15, 0.2) is 48.7 Å². The van der Waals surface area contributed by atoms with E-state index in [1.54, 1.807) is 0 Å². The zero-order valence-corrected chi connectivity index (χ0v) is 17.1. The largest absolute Gasteiger partial charge is 0.503 e. The molecule has 27 heavy (non-hydrogen) atoms. The lowest BCUT2D eigenvalue weighted by atomic mass is 9.87. The third kappa shape index (κ3) is 5.27. The number of carbonyl (C=O) groups excluding carboxylic acids is 1. The topological polar surface area (TPSA) is 44.8 Å². The average Bonchev–Trinajstić information content (AvgIpc) is 2.64. The molecule has 0 aliphatic heterocycles. The number of halogens is 1. The highest BCUT2D eigenvalue weighted by Crippen LogP contribution is 2.32. The Labute approximate surface area is 165 Å². The molecule has 0 atom stereocenters. The van der Waals surface area contributed by atoms with Gasteiger partial charge in [0.05, 0.1) is 25.5 Å². The van der Waals surface area contributed by atoms with E-state index in [0.717, 1.165) is 11.1 Å². The molecule has 2 rings (SSSR count). The van der Waals surface area contributed by atoms with E-state index in [9.17, 15) is 4.79 Å². The molecule has 0 amide bonds. The highest BCUT2D eigenvalue weighted by molar-refractivity contribution is 6.32. The van der Waals surface area contributed by atoms with Crippen LogP contribution in [0.1, 0.15) is 37.5 Å². The van der Waals surface area contributed by atoms with E-state index < -0.39 is 5.97 Å². The Bertz CT molecular complexity index is 834. The predicted molar refractivity (Wildman–Crippen MR) is 108 cm³/mol. The summed E-state index contributed by atoms with van der Waals surface area (Å²) in [6.07, 6.45) is 1.37. The molecule has 0 spiro atoms. The Morgan fingerprint density at radius 2 is 1.81 bits per heavy atom. The van der Waals surface area contributed by atoms with Crippen molar-refractivity contribution in [1.82, 2.24) is 0 Å². The van der Waals surface area contributed by atoms with Crippen molar-refractivity contribution in [2.45, 2.75) is 32.8 Å². The summed E-state index contributed by atoms with van der Waals surface area (Å²) in [6.45, 7) is 6.65. The lowest BCUT2D eigenvalue weighted by Crippen LogP contribution is -2.11. The minimum Gasteiger partial charge on any atom is -0.503 e. The van der Waals surface area contributed by atoms with Crippen LogP contribution >= 0.6 is 11.6 Å². The van der Waals surface area contributed by atoms with Crippen molar-refractivity contribution in [3.63, 3.8) is 0 Å². The highest BCUT2D eigenvalue weighted by Gasteiger charge is 2.18. The van der Waals surface area contributed by atoms with Crippen LogP contribution in [0, 0.1) is 0 Å². The van der Waals surface area contributed by atoms with Gasteiger partial charge in [-0.25, -0.2) is 4.79 Å². The second kappa shape index (κ2) is 8.96. The second-order valence-corrected chi connectivity index (χ2v) is 7.51. The molecule has 2 aromatic carbocycles. The molecule has 0 aliphatic rings. The lowest BCUT2D eigenvalue weighted by Gasteiger charge is -2.20. The number of ether oxygens (including phenoxy) is 3. The SMILES string of the molecule is COC=C(C(=O)OC)c1ccccc1COc1ccc(C(C)(C)C)cc1Cl. The van der Waals surface area contributed by atoms with Gasteiger partial charge in [-0.2, -0.15) is 0 Å². The van der Waals surface area contributed by atoms with Crippen molar-refractivity contribution in [2.24, 2.45) is 0 Å². The van der Waals surface area contributed by atoms with Gasteiger partial charge in [-0.1, -0.05) is 62.7 Å². The number of methoxy groups -OCH3 is 2.